The maximum atomic E-state index is 10.8. The topological polar surface area (TPSA) is 115 Å². The molecular weight excluding hydrogens is 414 g/mol. The van der Waals surface area contributed by atoms with Gasteiger partial charge in [-0.1, -0.05) is 12.1 Å². The molecule has 8 nitrogen and oxygen atoms in total. The van der Waals surface area contributed by atoms with E-state index in [9.17, 15) is 5.11 Å². The number of nitrogens with one attached hydrogen (secondary N) is 1. The van der Waals surface area contributed by atoms with Crippen molar-refractivity contribution < 1.29 is 5.11 Å². The zero-order valence-electron chi connectivity index (χ0n) is 18.6. The lowest BCUT2D eigenvalue weighted by Gasteiger charge is -2.15. The molecule has 0 bridgehead atoms. The third-order valence-electron chi connectivity index (χ3n) is 7.26. The molecule has 2 fully saturated rings. The highest BCUT2D eigenvalue weighted by Crippen LogP contribution is 2.39. The third kappa shape index (κ3) is 4.11. The van der Waals surface area contributed by atoms with E-state index in [-0.39, 0.29) is 18.1 Å². The molecule has 2 aliphatic carbocycles. The summed E-state index contributed by atoms with van der Waals surface area (Å²) in [5.74, 6) is 2.25. The zero-order valence-corrected chi connectivity index (χ0v) is 18.6. The van der Waals surface area contributed by atoms with E-state index in [1.165, 1.54) is 24.7 Å². The molecule has 0 amide bonds. The van der Waals surface area contributed by atoms with Crippen LogP contribution in [0.25, 0.3) is 21.9 Å². The second kappa shape index (κ2) is 8.26. The Morgan fingerprint density at radius 3 is 2.91 bits per heavy atom. The van der Waals surface area contributed by atoms with Crippen molar-refractivity contribution in [3.8, 4) is 0 Å². The molecule has 3 heterocycles. The van der Waals surface area contributed by atoms with Crippen molar-refractivity contribution in [2.45, 2.75) is 50.7 Å². The van der Waals surface area contributed by atoms with Gasteiger partial charge in [0.15, 0.2) is 0 Å². The number of anilines is 2. The maximum absolute atomic E-state index is 10.8. The summed E-state index contributed by atoms with van der Waals surface area (Å²) in [4.78, 5) is 17.7. The molecule has 4 N–H and O–H groups in total. The number of nitrogens with two attached hydrogens (primary N) is 1. The summed E-state index contributed by atoms with van der Waals surface area (Å²) >= 11 is 0. The van der Waals surface area contributed by atoms with Crippen LogP contribution < -0.4 is 11.1 Å². The average Bonchev–Trinajstić information content (AvgIpc) is 3.44. The van der Waals surface area contributed by atoms with Gasteiger partial charge in [-0.05, 0) is 68.1 Å². The van der Waals surface area contributed by atoms with Gasteiger partial charge >= 0.3 is 0 Å². The maximum Gasteiger partial charge on any atom is 0.223 e. The molecule has 0 saturated heterocycles. The highest BCUT2D eigenvalue weighted by atomic mass is 16.3. The van der Waals surface area contributed by atoms with Crippen LogP contribution >= 0.6 is 0 Å². The summed E-state index contributed by atoms with van der Waals surface area (Å²) in [6.07, 6.45) is 11.2. The highest BCUT2D eigenvalue weighted by Gasteiger charge is 2.34. The van der Waals surface area contributed by atoms with Crippen LogP contribution in [0.2, 0.25) is 0 Å². The van der Waals surface area contributed by atoms with Gasteiger partial charge in [0, 0.05) is 30.4 Å². The highest BCUT2D eigenvalue weighted by molar-refractivity contribution is 5.86. The summed E-state index contributed by atoms with van der Waals surface area (Å²) in [6.45, 7) is 0.960. The van der Waals surface area contributed by atoms with Crippen molar-refractivity contribution in [2.75, 3.05) is 17.6 Å². The van der Waals surface area contributed by atoms with E-state index in [0.29, 0.717) is 11.8 Å². The quantitative estimate of drug-likeness (QED) is 0.399. The van der Waals surface area contributed by atoms with Crippen LogP contribution in [0, 0.1) is 11.8 Å². The van der Waals surface area contributed by atoms with Gasteiger partial charge in [0.2, 0.25) is 5.95 Å². The predicted molar refractivity (Wildman–Crippen MR) is 129 cm³/mol. The summed E-state index contributed by atoms with van der Waals surface area (Å²) < 4.78 is 2.15. The molecule has 0 spiro atoms. The Labute approximate surface area is 192 Å². The molecule has 0 radical (unpaired) electrons. The van der Waals surface area contributed by atoms with Crippen LogP contribution in [-0.4, -0.2) is 42.3 Å². The van der Waals surface area contributed by atoms with Crippen molar-refractivity contribution in [3.63, 3.8) is 0 Å². The van der Waals surface area contributed by atoms with Crippen LogP contribution in [-0.2, 0) is 6.42 Å². The first kappa shape index (κ1) is 20.4. The lowest BCUT2D eigenvalue weighted by atomic mass is 9.96. The molecule has 3 aromatic heterocycles. The minimum atomic E-state index is -0.312. The van der Waals surface area contributed by atoms with Crippen molar-refractivity contribution in [2.24, 2.45) is 11.8 Å². The summed E-state index contributed by atoms with van der Waals surface area (Å²) in [5, 5.41) is 16.1. The van der Waals surface area contributed by atoms with Crippen molar-refractivity contribution in [3.05, 3.63) is 48.5 Å². The van der Waals surface area contributed by atoms with Gasteiger partial charge < -0.3 is 20.7 Å². The Hall–Kier alpha value is -3.26. The lowest BCUT2D eigenvalue weighted by Crippen LogP contribution is -2.13. The molecule has 170 valence electrons. The normalized spacial score (nSPS) is 22.9. The van der Waals surface area contributed by atoms with E-state index in [1.807, 2.05) is 18.5 Å². The lowest BCUT2D eigenvalue weighted by molar-refractivity contribution is 0.127. The SMILES string of the molecule is Nc1ncnc2c1ccn2C1CC(O)C(CCc2ccc3cnc(NCC4CC4)nc3c2)C1. The fourth-order valence-corrected chi connectivity index (χ4v) is 5.12. The fraction of sp³-hybridized carbons (Fsp3) is 0.440. The Morgan fingerprint density at radius 1 is 1.12 bits per heavy atom. The van der Waals surface area contributed by atoms with Crippen LogP contribution in [0.1, 0.15) is 43.7 Å². The first-order valence-electron chi connectivity index (χ1n) is 11.9. The van der Waals surface area contributed by atoms with Gasteiger partial charge in [-0.3, -0.25) is 0 Å². The number of hydrogen-bond acceptors (Lipinski definition) is 7. The van der Waals surface area contributed by atoms with Gasteiger partial charge in [0.1, 0.15) is 17.8 Å². The second-order valence-corrected chi connectivity index (χ2v) is 9.62. The third-order valence-corrected chi connectivity index (χ3v) is 7.26. The number of hydrogen-bond donors (Lipinski definition) is 3. The number of aromatic nitrogens is 5. The molecule has 1 aromatic carbocycles. The Balaban J connectivity index is 1.13. The van der Waals surface area contributed by atoms with E-state index < -0.39 is 0 Å². The minimum absolute atomic E-state index is 0.223. The van der Waals surface area contributed by atoms with E-state index in [4.69, 9.17) is 10.7 Å². The summed E-state index contributed by atoms with van der Waals surface area (Å²) in [7, 11) is 0. The molecule has 2 saturated carbocycles. The molecule has 2 aliphatic rings. The van der Waals surface area contributed by atoms with Gasteiger partial charge in [-0.15, -0.1) is 0 Å². The summed E-state index contributed by atoms with van der Waals surface area (Å²) in [6, 6.07) is 8.60. The van der Waals surface area contributed by atoms with Crippen LogP contribution in [0.15, 0.2) is 43.0 Å². The number of nitrogen functional groups attached to an aromatic ring is 1. The smallest absolute Gasteiger partial charge is 0.223 e. The molecular formula is C25H29N7O. The first-order chi connectivity index (χ1) is 16.1. The van der Waals surface area contributed by atoms with Crippen molar-refractivity contribution in [1.29, 1.82) is 0 Å². The molecule has 0 aliphatic heterocycles. The van der Waals surface area contributed by atoms with Gasteiger partial charge in [-0.25, -0.2) is 19.9 Å². The Morgan fingerprint density at radius 2 is 2.03 bits per heavy atom. The van der Waals surface area contributed by atoms with Crippen LogP contribution in [0.3, 0.4) is 0 Å². The number of aliphatic hydroxyl groups is 1. The fourth-order valence-electron chi connectivity index (χ4n) is 5.12. The Kier molecular flexibility index (Phi) is 5.10. The first-order valence-corrected chi connectivity index (χ1v) is 11.9. The summed E-state index contributed by atoms with van der Waals surface area (Å²) in [5.41, 5.74) is 9.06. The predicted octanol–water partition coefficient (Wildman–Crippen LogP) is 3.72. The number of aliphatic hydroxyl groups excluding tert-OH is 1. The zero-order chi connectivity index (χ0) is 22.4. The van der Waals surface area contributed by atoms with Crippen molar-refractivity contribution in [1.82, 2.24) is 24.5 Å². The molecule has 33 heavy (non-hydrogen) atoms. The standard InChI is InChI=1S/C25H29N7O/c26-23-20-7-8-32(24(20)30-14-29-23)19-10-17(22(33)11-19)5-3-15-4-6-18-13-28-25(31-21(18)9-15)27-12-16-1-2-16/h4,6-9,13-14,16-17,19,22,33H,1-3,5,10-12H2,(H2,26,29,30)(H,27,28,31). The minimum Gasteiger partial charge on any atom is -0.393 e. The van der Waals surface area contributed by atoms with Gasteiger partial charge in [0.05, 0.1) is 17.0 Å². The molecule has 6 rings (SSSR count). The van der Waals surface area contributed by atoms with Crippen LogP contribution in [0.5, 0.6) is 0 Å². The Bertz CT molecular complexity index is 1300. The number of rotatable bonds is 7. The van der Waals surface area contributed by atoms with E-state index >= 15 is 0 Å². The van der Waals surface area contributed by atoms with Gasteiger partial charge in [0.25, 0.3) is 0 Å². The molecule has 8 heteroatoms. The molecule has 4 aromatic rings. The molecule has 3 atom stereocenters. The average molecular weight is 444 g/mol. The number of benzene rings is 1. The van der Waals surface area contributed by atoms with Crippen LogP contribution in [0.4, 0.5) is 11.8 Å². The second-order valence-electron chi connectivity index (χ2n) is 9.62. The molecule has 3 unspecified atom stereocenters. The van der Waals surface area contributed by atoms with E-state index in [1.54, 1.807) is 0 Å². The largest absolute Gasteiger partial charge is 0.393 e. The van der Waals surface area contributed by atoms with Gasteiger partial charge in [-0.2, -0.15) is 0 Å². The van der Waals surface area contributed by atoms with E-state index in [0.717, 1.165) is 60.1 Å². The number of nitrogens with zero attached hydrogens (tertiary/aromatic N) is 5. The number of aryl methyl sites for hydroxylation is 1. The van der Waals surface area contributed by atoms with Crippen molar-refractivity contribution >= 4 is 33.7 Å². The monoisotopic (exact) mass is 443 g/mol. The number of fused-ring (bicyclic) bond motifs is 2. The van der Waals surface area contributed by atoms with E-state index in [2.05, 4.69) is 43.0 Å².